The van der Waals surface area contributed by atoms with E-state index in [0.29, 0.717) is 30.0 Å². The first-order valence-corrected chi connectivity index (χ1v) is 8.16. The zero-order valence-electron chi connectivity index (χ0n) is 14.1. The van der Waals surface area contributed by atoms with Gasteiger partial charge in [0.15, 0.2) is 0 Å². The van der Waals surface area contributed by atoms with Crippen LogP contribution in [-0.2, 0) is 6.42 Å². The van der Waals surface area contributed by atoms with Gasteiger partial charge in [0, 0.05) is 32.5 Å². The highest BCUT2D eigenvalue weighted by atomic mass is 19.1. The van der Waals surface area contributed by atoms with E-state index in [1.807, 2.05) is 11.9 Å². The van der Waals surface area contributed by atoms with Crippen LogP contribution in [0.3, 0.4) is 0 Å². The molecule has 0 aliphatic heterocycles. The summed E-state index contributed by atoms with van der Waals surface area (Å²) in [6.07, 6.45) is 5.65. The second-order valence-electron chi connectivity index (χ2n) is 5.64. The lowest BCUT2D eigenvalue weighted by atomic mass is 10.1. The molecule has 24 heavy (non-hydrogen) atoms. The fourth-order valence-corrected chi connectivity index (χ4v) is 2.24. The van der Waals surface area contributed by atoms with Crippen LogP contribution in [0.1, 0.15) is 35.7 Å². The Morgan fingerprint density at radius 3 is 2.62 bits per heavy atom. The first kappa shape index (κ1) is 17.8. The first-order valence-electron chi connectivity index (χ1n) is 8.16. The van der Waals surface area contributed by atoms with E-state index >= 15 is 0 Å². The fraction of sp³-hybridized carbons (Fsp3) is 0.389. The van der Waals surface area contributed by atoms with E-state index in [-0.39, 0.29) is 11.7 Å². The third-order valence-electron chi connectivity index (χ3n) is 3.73. The lowest BCUT2D eigenvalue weighted by molar-refractivity contribution is 0.0953. The van der Waals surface area contributed by atoms with Gasteiger partial charge in [-0.3, -0.25) is 4.79 Å². The van der Waals surface area contributed by atoms with Gasteiger partial charge in [0.1, 0.15) is 5.82 Å². The van der Waals surface area contributed by atoms with E-state index in [4.69, 9.17) is 0 Å². The highest BCUT2D eigenvalue weighted by molar-refractivity contribution is 5.93. The summed E-state index contributed by atoms with van der Waals surface area (Å²) in [7, 11) is 1.93. The highest BCUT2D eigenvalue weighted by Gasteiger charge is 2.09. The van der Waals surface area contributed by atoms with Crippen LogP contribution in [0, 0.1) is 5.82 Å². The molecule has 2 rings (SSSR count). The molecule has 1 amide bonds. The van der Waals surface area contributed by atoms with E-state index in [9.17, 15) is 9.18 Å². The number of benzene rings is 1. The maximum Gasteiger partial charge on any atom is 0.254 e. The van der Waals surface area contributed by atoms with Gasteiger partial charge in [0.05, 0.1) is 5.56 Å². The smallest absolute Gasteiger partial charge is 0.254 e. The van der Waals surface area contributed by atoms with Crippen LogP contribution in [0.5, 0.6) is 0 Å². The number of carbonyl (C=O) groups is 1. The van der Waals surface area contributed by atoms with Crippen molar-refractivity contribution in [1.29, 1.82) is 0 Å². The largest absolute Gasteiger partial charge is 0.352 e. The van der Waals surface area contributed by atoms with Crippen molar-refractivity contribution in [1.82, 2.24) is 15.3 Å². The molecule has 0 aliphatic carbocycles. The molecule has 0 fully saturated rings. The molecule has 1 aromatic carbocycles. The number of nitrogens with zero attached hydrogens (tertiary/aromatic N) is 3. The lowest BCUT2D eigenvalue weighted by Gasteiger charge is -2.16. The Balaban J connectivity index is 1.85. The summed E-state index contributed by atoms with van der Waals surface area (Å²) in [5.41, 5.74) is 0.984. The number of unbranched alkanes of at least 4 members (excludes halogenated alkanes) is 1. The predicted octanol–water partition coefficient (Wildman–Crippen LogP) is 2.82. The Labute approximate surface area is 141 Å². The molecular formula is C18H23FN4O. The molecule has 0 saturated heterocycles. The van der Waals surface area contributed by atoms with E-state index < -0.39 is 0 Å². The van der Waals surface area contributed by atoms with E-state index in [0.717, 1.165) is 19.4 Å². The Hall–Kier alpha value is -2.50. The van der Waals surface area contributed by atoms with E-state index in [1.165, 1.54) is 18.5 Å². The van der Waals surface area contributed by atoms with Gasteiger partial charge in [-0.1, -0.05) is 31.5 Å². The van der Waals surface area contributed by atoms with Crippen molar-refractivity contribution in [3.05, 3.63) is 53.6 Å². The Kier molecular flexibility index (Phi) is 6.66. The normalized spacial score (nSPS) is 10.5. The van der Waals surface area contributed by atoms with Gasteiger partial charge in [0.2, 0.25) is 5.95 Å². The Bertz CT molecular complexity index is 660. The van der Waals surface area contributed by atoms with E-state index in [2.05, 4.69) is 22.2 Å². The molecule has 5 nitrogen and oxygen atoms in total. The minimum atomic E-state index is -0.255. The van der Waals surface area contributed by atoms with Crippen molar-refractivity contribution in [2.75, 3.05) is 25.0 Å². The Morgan fingerprint density at radius 1 is 1.25 bits per heavy atom. The molecule has 1 heterocycles. The van der Waals surface area contributed by atoms with Gasteiger partial charge >= 0.3 is 0 Å². The third kappa shape index (κ3) is 5.01. The number of aromatic nitrogens is 2. The zero-order chi connectivity index (χ0) is 17.4. The molecule has 0 bridgehead atoms. The standard InChI is InChI=1S/C18H23FN4O/c1-3-4-11-23(2)18-21-12-15(13-22-18)17(24)20-10-9-14-7-5-6-8-16(14)19/h5-8,12-13H,3-4,9-11H2,1-2H3,(H,20,24). The fourth-order valence-electron chi connectivity index (χ4n) is 2.24. The molecule has 2 aromatic rings. The molecule has 1 aromatic heterocycles. The molecule has 6 heteroatoms. The summed E-state index contributed by atoms with van der Waals surface area (Å²) in [6.45, 7) is 3.37. The number of halogens is 1. The van der Waals surface area contributed by atoms with Gasteiger partial charge < -0.3 is 10.2 Å². The van der Waals surface area contributed by atoms with Crippen LogP contribution < -0.4 is 10.2 Å². The van der Waals surface area contributed by atoms with Crippen LogP contribution in [0.2, 0.25) is 0 Å². The minimum Gasteiger partial charge on any atom is -0.352 e. The summed E-state index contributed by atoms with van der Waals surface area (Å²) in [5.74, 6) is 0.0926. The van der Waals surface area contributed by atoms with Crippen molar-refractivity contribution in [3.63, 3.8) is 0 Å². The third-order valence-corrected chi connectivity index (χ3v) is 3.73. The molecular weight excluding hydrogens is 307 g/mol. The quantitative estimate of drug-likeness (QED) is 0.808. The van der Waals surface area contributed by atoms with Gasteiger partial charge in [-0.05, 0) is 24.5 Å². The number of nitrogens with one attached hydrogen (secondary N) is 1. The number of amides is 1. The summed E-state index contributed by atoms with van der Waals surface area (Å²) in [4.78, 5) is 22.5. The van der Waals surface area contributed by atoms with Gasteiger partial charge in [-0.2, -0.15) is 0 Å². The predicted molar refractivity (Wildman–Crippen MR) is 92.6 cm³/mol. The molecule has 0 aliphatic rings. The summed E-state index contributed by atoms with van der Waals surface area (Å²) >= 11 is 0. The second kappa shape index (κ2) is 8.96. The first-order chi connectivity index (χ1) is 11.6. The van der Waals surface area contributed by atoms with Crippen molar-refractivity contribution >= 4 is 11.9 Å². The number of hydrogen-bond donors (Lipinski definition) is 1. The molecule has 0 spiro atoms. The van der Waals surface area contributed by atoms with E-state index in [1.54, 1.807) is 18.2 Å². The molecule has 1 N–H and O–H groups in total. The van der Waals surface area contributed by atoms with Gasteiger partial charge in [-0.25, -0.2) is 14.4 Å². The monoisotopic (exact) mass is 330 g/mol. The topological polar surface area (TPSA) is 58.1 Å². The van der Waals surface area contributed by atoms with Crippen LogP contribution in [0.25, 0.3) is 0 Å². The zero-order valence-corrected chi connectivity index (χ0v) is 14.1. The maximum atomic E-state index is 13.5. The van der Waals surface area contributed by atoms with Crippen LogP contribution in [0.15, 0.2) is 36.7 Å². The number of anilines is 1. The van der Waals surface area contributed by atoms with Crippen molar-refractivity contribution in [2.24, 2.45) is 0 Å². The lowest BCUT2D eigenvalue weighted by Crippen LogP contribution is -2.27. The average molecular weight is 330 g/mol. The SMILES string of the molecule is CCCCN(C)c1ncc(C(=O)NCCc2ccccc2F)cn1. The summed E-state index contributed by atoms with van der Waals surface area (Å²) in [5, 5.41) is 2.76. The minimum absolute atomic E-state index is 0.255. The van der Waals surface area contributed by atoms with Crippen molar-refractivity contribution in [3.8, 4) is 0 Å². The van der Waals surface area contributed by atoms with Crippen LogP contribution in [-0.4, -0.2) is 36.0 Å². The average Bonchev–Trinajstić information content (AvgIpc) is 2.61. The maximum absolute atomic E-state index is 13.5. The van der Waals surface area contributed by atoms with Crippen molar-refractivity contribution in [2.45, 2.75) is 26.2 Å². The number of rotatable bonds is 8. The number of carbonyl (C=O) groups excluding carboxylic acids is 1. The molecule has 0 radical (unpaired) electrons. The number of hydrogen-bond acceptors (Lipinski definition) is 4. The summed E-state index contributed by atoms with van der Waals surface area (Å²) < 4.78 is 13.5. The molecule has 0 unspecified atom stereocenters. The van der Waals surface area contributed by atoms with Gasteiger partial charge in [0.25, 0.3) is 5.91 Å². The van der Waals surface area contributed by atoms with Crippen LogP contribution >= 0.6 is 0 Å². The molecule has 128 valence electrons. The Morgan fingerprint density at radius 2 is 1.96 bits per heavy atom. The molecule has 0 atom stereocenters. The summed E-state index contributed by atoms with van der Waals surface area (Å²) in [6, 6.07) is 6.56. The van der Waals surface area contributed by atoms with Crippen molar-refractivity contribution < 1.29 is 9.18 Å². The molecule has 0 saturated carbocycles. The second-order valence-corrected chi connectivity index (χ2v) is 5.64. The van der Waals surface area contributed by atoms with Crippen LogP contribution in [0.4, 0.5) is 10.3 Å². The highest BCUT2D eigenvalue weighted by Crippen LogP contribution is 2.08. The van der Waals surface area contributed by atoms with Gasteiger partial charge in [-0.15, -0.1) is 0 Å².